The Hall–Kier alpha value is -3.93. The first kappa shape index (κ1) is 25.7. The van der Waals surface area contributed by atoms with Gasteiger partial charge in [0.15, 0.2) is 0 Å². The van der Waals surface area contributed by atoms with Crippen molar-refractivity contribution < 1.29 is 22.7 Å². The van der Waals surface area contributed by atoms with E-state index in [-0.39, 0.29) is 10.5 Å². The third-order valence-electron chi connectivity index (χ3n) is 5.33. The summed E-state index contributed by atoms with van der Waals surface area (Å²) in [6, 6.07) is 21.8. The molecule has 0 aliphatic heterocycles. The highest BCUT2D eigenvalue weighted by Gasteiger charge is 2.22. The van der Waals surface area contributed by atoms with Crippen LogP contribution in [0.15, 0.2) is 77.7 Å². The number of benzene rings is 3. The molecule has 7 nitrogen and oxygen atoms in total. The number of nitriles is 1. The first-order chi connectivity index (χ1) is 16.8. The highest BCUT2D eigenvalue weighted by molar-refractivity contribution is 7.89. The van der Waals surface area contributed by atoms with Crippen molar-refractivity contribution >= 4 is 27.6 Å². The Labute approximate surface area is 205 Å². The Morgan fingerprint density at radius 1 is 0.943 bits per heavy atom. The number of methoxy groups -OCH3 is 1. The highest BCUT2D eigenvalue weighted by atomic mass is 32.2. The third-order valence-corrected chi connectivity index (χ3v) is 7.40. The van der Waals surface area contributed by atoms with Crippen molar-refractivity contribution in [2.75, 3.05) is 20.2 Å². The molecule has 35 heavy (non-hydrogen) atoms. The second-order valence-electron chi connectivity index (χ2n) is 7.47. The van der Waals surface area contributed by atoms with Crippen LogP contribution in [0.25, 0.3) is 11.6 Å². The van der Waals surface area contributed by atoms with E-state index in [1.807, 2.05) is 0 Å². The van der Waals surface area contributed by atoms with Crippen LogP contribution >= 0.6 is 0 Å². The van der Waals surface area contributed by atoms with Crippen LogP contribution in [0, 0.1) is 11.3 Å². The van der Waals surface area contributed by atoms with E-state index in [9.17, 15) is 18.5 Å². The quantitative estimate of drug-likeness (QED) is 0.181. The van der Waals surface area contributed by atoms with Crippen LogP contribution in [0.5, 0.6) is 11.5 Å². The van der Waals surface area contributed by atoms with Gasteiger partial charge in [-0.1, -0.05) is 26.0 Å². The van der Waals surface area contributed by atoms with Crippen LogP contribution in [0.4, 0.5) is 0 Å². The van der Waals surface area contributed by atoms with Crippen LogP contribution < -0.4 is 9.47 Å². The van der Waals surface area contributed by atoms with Gasteiger partial charge in [0.2, 0.25) is 10.0 Å². The van der Waals surface area contributed by atoms with Crippen molar-refractivity contribution in [2.45, 2.75) is 18.7 Å². The average molecular weight is 491 g/mol. The molecule has 0 N–H and O–H groups in total. The predicted molar refractivity (Wildman–Crippen MR) is 134 cm³/mol. The van der Waals surface area contributed by atoms with E-state index in [0.29, 0.717) is 35.7 Å². The van der Waals surface area contributed by atoms with E-state index in [2.05, 4.69) is 6.07 Å². The maximum absolute atomic E-state index is 12.6. The maximum atomic E-state index is 12.6. The average Bonchev–Trinajstić information content (AvgIpc) is 2.88. The van der Waals surface area contributed by atoms with Gasteiger partial charge in [0.25, 0.3) is 0 Å². The normalized spacial score (nSPS) is 11.7. The molecule has 0 fully saturated rings. The number of nitrogens with zero attached hydrogens (tertiary/aromatic N) is 2. The molecule has 8 heteroatoms. The third kappa shape index (κ3) is 6.15. The molecule has 0 atom stereocenters. The number of allylic oxidation sites excluding steroid dienone is 1. The van der Waals surface area contributed by atoms with Gasteiger partial charge in [-0.05, 0) is 77.9 Å². The lowest BCUT2D eigenvalue weighted by Crippen LogP contribution is -2.30. The molecule has 0 heterocycles. The number of ether oxygens (including phenoxy) is 2. The minimum absolute atomic E-state index is 0.118. The fraction of sp³-hybridized carbons (Fsp3) is 0.185. The van der Waals surface area contributed by atoms with E-state index in [0.717, 1.165) is 5.56 Å². The summed E-state index contributed by atoms with van der Waals surface area (Å²) >= 11 is 0. The van der Waals surface area contributed by atoms with Crippen molar-refractivity contribution in [3.63, 3.8) is 0 Å². The summed E-state index contributed by atoms with van der Waals surface area (Å²) in [5, 5.41) is 9.60. The smallest absolute Gasteiger partial charge is 0.343 e. The Balaban J connectivity index is 1.77. The Morgan fingerprint density at radius 2 is 1.57 bits per heavy atom. The molecule has 0 saturated carbocycles. The second kappa shape index (κ2) is 11.5. The molecule has 3 aromatic rings. The van der Waals surface area contributed by atoms with Crippen molar-refractivity contribution in [3.8, 4) is 17.6 Å². The summed E-state index contributed by atoms with van der Waals surface area (Å²) in [5.41, 5.74) is 2.08. The number of hydrogen-bond donors (Lipinski definition) is 0. The van der Waals surface area contributed by atoms with Crippen molar-refractivity contribution in [1.82, 2.24) is 4.31 Å². The van der Waals surface area contributed by atoms with Gasteiger partial charge in [-0.2, -0.15) is 9.57 Å². The standard InChI is InChI=1S/C27H26N2O5S/c1-4-29(5-2)35(31,32)26-15-11-22(12-16-26)27(30)34-25-8-6-7-20(18-25)17-23(19-28)21-9-13-24(33-3)14-10-21/h6-18H,4-5H2,1-3H3/b23-17-. The lowest BCUT2D eigenvalue weighted by Gasteiger charge is -2.18. The van der Waals surface area contributed by atoms with Crippen LogP contribution in [-0.4, -0.2) is 38.9 Å². The lowest BCUT2D eigenvalue weighted by molar-refractivity contribution is 0.0734. The van der Waals surface area contributed by atoms with Gasteiger partial charge in [0.1, 0.15) is 11.5 Å². The summed E-state index contributed by atoms with van der Waals surface area (Å²) < 4.78 is 37.2. The van der Waals surface area contributed by atoms with Gasteiger partial charge in [0.05, 0.1) is 29.2 Å². The van der Waals surface area contributed by atoms with Crippen molar-refractivity contribution in [1.29, 1.82) is 5.26 Å². The van der Waals surface area contributed by atoms with Crippen LogP contribution in [0.3, 0.4) is 0 Å². The zero-order valence-corrected chi connectivity index (χ0v) is 20.6. The summed E-state index contributed by atoms with van der Waals surface area (Å²) in [6.45, 7) is 4.26. The number of carbonyl (C=O) groups is 1. The lowest BCUT2D eigenvalue weighted by atomic mass is 10.0. The van der Waals surface area contributed by atoms with Gasteiger partial charge in [-0.3, -0.25) is 0 Å². The first-order valence-electron chi connectivity index (χ1n) is 11.0. The fourth-order valence-corrected chi connectivity index (χ4v) is 4.88. The number of rotatable bonds is 9. The van der Waals surface area contributed by atoms with E-state index in [1.54, 1.807) is 75.6 Å². The predicted octanol–water partition coefficient (Wildman–Crippen LogP) is 5.01. The van der Waals surface area contributed by atoms with E-state index >= 15 is 0 Å². The minimum atomic E-state index is -3.61. The molecule has 3 rings (SSSR count). The molecule has 180 valence electrons. The number of esters is 1. The molecule has 0 aliphatic carbocycles. The molecule has 0 aromatic heterocycles. The Morgan fingerprint density at radius 3 is 2.14 bits per heavy atom. The van der Waals surface area contributed by atoms with Gasteiger partial charge in [0, 0.05) is 13.1 Å². The summed E-state index contributed by atoms with van der Waals surface area (Å²) in [5.74, 6) is 0.378. The van der Waals surface area contributed by atoms with Crippen molar-refractivity contribution in [2.24, 2.45) is 0 Å². The molecule has 0 radical (unpaired) electrons. The SMILES string of the molecule is CCN(CC)S(=O)(=O)c1ccc(C(=O)Oc2cccc(/C=C(/C#N)c3ccc(OC)cc3)c2)cc1. The number of carbonyl (C=O) groups excluding carboxylic acids is 1. The van der Waals surface area contributed by atoms with E-state index < -0.39 is 16.0 Å². The topological polar surface area (TPSA) is 96.7 Å². The van der Waals surface area contributed by atoms with Crippen LogP contribution in [0.1, 0.15) is 35.3 Å². The highest BCUT2D eigenvalue weighted by Crippen LogP contribution is 2.23. The molecule has 0 bridgehead atoms. The van der Waals surface area contributed by atoms with Crippen LogP contribution in [0.2, 0.25) is 0 Å². The van der Waals surface area contributed by atoms with Gasteiger partial charge >= 0.3 is 5.97 Å². The van der Waals surface area contributed by atoms with E-state index in [4.69, 9.17) is 9.47 Å². The zero-order valence-electron chi connectivity index (χ0n) is 19.8. The molecular weight excluding hydrogens is 464 g/mol. The summed E-state index contributed by atoms with van der Waals surface area (Å²) in [4.78, 5) is 12.7. The van der Waals surface area contributed by atoms with Gasteiger partial charge in [-0.15, -0.1) is 0 Å². The summed E-state index contributed by atoms with van der Waals surface area (Å²) in [6.07, 6.45) is 1.70. The minimum Gasteiger partial charge on any atom is -0.497 e. The van der Waals surface area contributed by atoms with Crippen LogP contribution in [-0.2, 0) is 10.0 Å². The Kier molecular flexibility index (Phi) is 8.42. The van der Waals surface area contributed by atoms with E-state index in [1.165, 1.54) is 28.6 Å². The summed E-state index contributed by atoms with van der Waals surface area (Å²) in [7, 11) is -2.03. The van der Waals surface area contributed by atoms with Gasteiger partial charge in [-0.25, -0.2) is 13.2 Å². The molecule has 3 aromatic carbocycles. The van der Waals surface area contributed by atoms with Crippen molar-refractivity contribution in [3.05, 3.63) is 89.5 Å². The largest absolute Gasteiger partial charge is 0.497 e. The molecule has 0 spiro atoms. The molecule has 0 amide bonds. The molecule has 0 aliphatic rings. The number of hydrogen-bond acceptors (Lipinski definition) is 6. The number of sulfonamides is 1. The zero-order chi connectivity index (χ0) is 25.4. The second-order valence-corrected chi connectivity index (χ2v) is 9.41. The molecule has 0 saturated heterocycles. The molecular formula is C27H26N2O5S. The first-order valence-corrected chi connectivity index (χ1v) is 12.4. The monoisotopic (exact) mass is 490 g/mol. The van der Waals surface area contributed by atoms with Gasteiger partial charge < -0.3 is 9.47 Å². The maximum Gasteiger partial charge on any atom is 0.343 e. The Bertz CT molecular complexity index is 1350. The molecule has 0 unspecified atom stereocenters. The fourth-order valence-electron chi connectivity index (χ4n) is 3.43.